The minimum Gasteiger partial charge on any atom is -0.497 e. The summed E-state index contributed by atoms with van der Waals surface area (Å²) in [7, 11) is 3.82. The highest BCUT2D eigenvalue weighted by atomic mass is 16.5. The van der Waals surface area contributed by atoms with E-state index in [9.17, 15) is 0 Å². The lowest BCUT2D eigenvalue weighted by atomic mass is 10.1. The van der Waals surface area contributed by atoms with Crippen LogP contribution in [0.5, 0.6) is 5.75 Å². The zero-order valence-corrected chi connectivity index (χ0v) is 16.4. The summed E-state index contributed by atoms with van der Waals surface area (Å²) in [6.07, 6.45) is 0. The SMILES string of the molecule is COc1ccc2cc(C[NH+](C)Cc3nnc(-c4cccc(C)c4)o3)ccc2c1. The molecule has 1 N–H and O–H groups in total. The molecule has 1 heterocycles. The van der Waals surface area contributed by atoms with Crippen molar-refractivity contribution in [3.05, 3.63) is 77.7 Å². The van der Waals surface area contributed by atoms with E-state index in [1.54, 1.807) is 7.11 Å². The number of aromatic nitrogens is 2. The molecule has 0 amide bonds. The molecule has 5 heteroatoms. The summed E-state index contributed by atoms with van der Waals surface area (Å²) in [4.78, 5) is 1.28. The number of ether oxygens (including phenoxy) is 1. The smallest absolute Gasteiger partial charge is 0.271 e. The third-order valence-electron chi connectivity index (χ3n) is 4.80. The van der Waals surface area contributed by atoms with Crippen LogP contribution >= 0.6 is 0 Å². The first-order valence-corrected chi connectivity index (χ1v) is 9.38. The molecule has 5 nitrogen and oxygen atoms in total. The van der Waals surface area contributed by atoms with Gasteiger partial charge in [0, 0.05) is 11.1 Å². The van der Waals surface area contributed by atoms with Gasteiger partial charge in [0.15, 0.2) is 6.54 Å². The Balaban J connectivity index is 1.44. The molecular weight excluding hydrogens is 350 g/mol. The van der Waals surface area contributed by atoms with E-state index in [1.807, 2.05) is 18.2 Å². The van der Waals surface area contributed by atoms with Crippen LogP contribution in [0.3, 0.4) is 0 Å². The molecule has 3 aromatic carbocycles. The van der Waals surface area contributed by atoms with Crippen molar-refractivity contribution in [2.24, 2.45) is 0 Å². The second-order valence-electron chi connectivity index (χ2n) is 7.23. The molecule has 1 aromatic heterocycles. The Morgan fingerprint density at radius 2 is 1.75 bits per heavy atom. The summed E-state index contributed by atoms with van der Waals surface area (Å²) < 4.78 is 11.2. The molecule has 0 fully saturated rings. The van der Waals surface area contributed by atoms with Crippen molar-refractivity contribution in [3.63, 3.8) is 0 Å². The van der Waals surface area contributed by atoms with Crippen LogP contribution in [0.2, 0.25) is 0 Å². The van der Waals surface area contributed by atoms with Crippen molar-refractivity contribution in [1.82, 2.24) is 10.2 Å². The fourth-order valence-corrected chi connectivity index (χ4v) is 3.40. The zero-order chi connectivity index (χ0) is 19.5. The van der Waals surface area contributed by atoms with Crippen molar-refractivity contribution >= 4 is 10.8 Å². The first kappa shape index (κ1) is 18.2. The van der Waals surface area contributed by atoms with E-state index in [0.717, 1.165) is 17.9 Å². The highest BCUT2D eigenvalue weighted by Gasteiger charge is 2.13. The number of fused-ring (bicyclic) bond motifs is 1. The third-order valence-corrected chi connectivity index (χ3v) is 4.80. The summed E-state index contributed by atoms with van der Waals surface area (Å²) in [5.41, 5.74) is 3.41. The standard InChI is InChI=1S/C23H23N3O2/c1-16-5-4-6-20(11-16)23-25-24-22(28-23)15-26(2)14-17-7-8-19-13-21(27-3)10-9-18(19)12-17/h4-13H,14-15H2,1-3H3/p+1. The fraction of sp³-hybridized carbons (Fsp3) is 0.217. The van der Waals surface area contributed by atoms with E-state index in [-0.39, 0.29) is 0 Å². The normalized spacial score (nSPS) is 12.2. The zero-order valence-electron chi connectivity index (χ0n) is 16.4. The van der Waals surface area contributed by atoms with Crippen molar-refractivity contribution in [2.75, 3.05) is 14.2 Å². The fourth-order valence-electron chi connectivity index (χ4n) is 3.40. The Bertz CT molecular complexity index is 1100. The van der Waals surface area contributed by atoms with E-state index < -0.39 is 0 Å². The van der Waals surface area contributed by atoms with Gasteiger partial charge in [-0.15, -0.1) is 10.2 Å². The maximum absolute atomic E-state index is 5.87. The number of hydrogen-bond acceptors (Lipinski definition) is 4. The molecule has 1 atom stereocenters. The predicted molar refractivity (Wildman–Crippen MR) is 109 cm³/mol. The number of rotatable bonds is 6. The molecule has 0 radical (unpaired) electrons. The van der Waals surface area contributed by atoms with Crippen molar-refractivity contribution < 1.29 is 14.1 Å². The summed E-state index contributed by atoms with van der Waals surface area (Å²) in [6, 6.07) is 20.8. The Kier molecular flexibility index (Phi) is 5.08. The predicted octanol–water partition coefficient (Wildman–Crippen LogP) is 3.42. The molecule has 0 bridgehead atoms. The minimum absolute atomic E-state index is 0.575. The number of methoxy groups -OCH3 is 1. The van der Waals surface area contributed by atoms with Crippen LogP contribution in [0.1, 0.15) is 17.0 Å². The van der Waals surface area contributed by atoms with E-state index in [0.29, 0.717) is 18.3 Å². The monoisotopic (exact) mass is 374 g/mol. The summed E-state index contributed by atoms with van der Waals surface area (Å²) >= 11 is 0. The maximum atomic E-state index is 5.87. The molecule has 4 rings (SSSR count). The molecule has 142 valence electrons. The van der Waals surface area contributed by atoms with Gasteiger partial charge in [0.05, 0.1) is 14.2 Å². The van der Waals surface area contributed by atoms with Crippen LogP contribution in [0.25, 0.3) is 22.2 Å². The lowest BCUT2D eigenvalue weighted by molar-refractivity contribution is -0.909. The average Bonchev–Trinajstić information content (AvgIpc) is 3.16. The van der Waals surface area contributed by atoms with Crippen LogP contribution in [-0.4, -0.2) is 24.4 Å². The molecular formula is C23H24N3O2+. The van der Waals surface area contributed by atoms with Crippen molar-refractivity contribution in [3.8, 4) is 17.2 Å². The van der Waals surface area contributed by atoms with Crippen LogP contribution in [-0.2, 0) is 13.1 Å². The Morgan fingerprint density at radius 1 is 0.929 bits per heavy atom. The number of benzene rings is 3. The highest BCUT2D eigenvalue weighted by Crippen LogP contribution is 2.22. The second-order valence-corrected chi connectivity index (χ2v) is 7.23. The van der Waals surface area contributed by atoms with Gasteiger partial charge in [-0.1, -0.05) is 35.9 Å². The molecule has 0 saturated carbocycles. The number of quaternary nitrogens is 1. The van der Waals surface area contributed by atoms with E-state index in [4.69, 9.17) is 9.15 Å². The molecule has 1 unspecified atom stereocenters. The molecule has 0 aliphatic heterocycles. The molecule has 0 saturated heterocycles. The highest BCUT2D eigenvalue weighted by molar-refractivity contribution is 5.84. The summed E-state index contributed by atoms with van der Waals surface area (Å²) in [5, 5.41) is 10.8. The summed E-state index contributed by atoms with van der Waals surface area (Å²) in [6.45, 7) is 3.61. The van der Waals surface area contributed by atoms with E-state index >= 15 is 0 Å². The van der Waals surface area contributed by atoms with Gasteiger partial charge in [0.1, 0.15) is 12.3 Å². The third kappa shape index (κ3) is 4.05. The van der Waals surface area contributed by atoms with Crippen LogP contribution in [0, 0.1) is 6.92 Å². The Labute approximate surface area is 164 Å². The summed E-state index contributed by atoms with van der Waals surface area (Å²) in [5.74, 6) is 2.11. The Morgan fingerprint density at radius 3 is 2.57 bits per heavy atom. The van der Waals surface area contributed by atoms with Crippen LogP contribution in [0.4, 0.5) is 0 Å². The van der Waals surface area contributed by atoms with Gasteiger partial charge in [-0.25, -0.2) is 0 Å². The average molecular weight is 374 g/mol. The van der Waals surface area contributed by atoms with Gasteiger partial charge in [-0.2, -0.15) is 0 Å². The van der Waals surface area contributed by atoms with Gasteiger partial charge >= 0.3 is 0 Å². The molecule has 0 aliphatic carbocycles. The van der Waals surface area contributed by atoms with Gasteiger partial charge in [-0.05, 0) is 48.0 Å². The lowest BCUT2D eigenvalue weighted by Gasteiger charge is -2.12. The first-order chi connectivity index (χ1) is 13.6. The Hall–Kier alpha value is -3.18. The van der Waals surface area contributed by atoms with Gasteiger partial charge in [-0.3, -0.25) is 0 Å². The van der Waals surface area contributed by atoms with Gasteiger partial charge < -0.3 is 14.1 Å². The van der Waals surface area contributed by atoms with E-state index in [2.05, 4.69) is 66.6 Å². The van der Waals surface area contributed by atoms with Gasteiger partial charge in [0.2, 0.25) is 5.89 Å². The quantitative estimate of drug-likeness (QED) is 0.562. The largest absolute Gasteiger partial charge is 0.497 e. The molecule has 0 aliphatic rings. The number of nitrogens with one attached hydrogen (secondary N) is 1. The van der Waals surface area contributed by atoms with Crippen LogP contribution < -0.4 is 9.64 Å². The second kappa shape index (κ2) is 7.82. The molecule has 4 aromatic rings. The molecule has 28 heavy (non-hydrogen) atoms. The lowest BCUT2D eigenvalue weighted by Crippen LogP contribution is -3.06. The first-order valence-electron chi connectivity index (χ1n) is 9.38. The van der Waals surface area contributed by atoms with Crippen molar-refractivity contribution in [2.45, 2.75) is 20.0 Å². The topological polar surface area (TPSA) is 52.6 Å². The minimum atomic E-state index is 0.575. The maximum Gasteiger partial charge on any atom is 0.271 e. The van der Waals surface area contributed by atoms with E-state index in [1.165, 1.54) is 26.8 Å². The number of hydrogen-bond donors (Lipinski definition) is 1. The van der Waals surface area contributed by atoms with Crippen molar-refractivity contribution in [1.29, 1.82) is 0 Å². The van der Waals surface area contributed by atoms with Gasteiger partial charge in [0.25, 0.3) is 5.89 Å². The molecule has 0 spiro atoms. The van der Waals surface area contributed by atoms with Crippen LogP contribution in [0.15, 0.2) is 65.1 Å². The number of nitrogens with zero attached hydrogens (tertiary/aromatic N) is 2. The number of aryl methyl sites for hydroxylation is 1.